The molecule has 0 amide bonds. The van der Waals surface area contributed by atoms with Gasteiger partial charge in [0, 0.05) is 12.7 Å². The van der Waals surface area contributed by atoms with Crippen molar-refractivity contribution in [2.24, 2.45) is 0 Å². The fraction of sp³-hybridized carbons (Fsp3) is 0.444. The summed E-state index contributed by atoms with van der Waals surface area (Å²) in [7, 11) is 0. The monoisotopic (exact) mass is 200 g/mol. The maximum atomic E-state index is 9.01. The van der Waals surface area contributed by atoms with Crippen molar-refractivity contribution in [1.29, 1.82) is 0 Å². The molecule has 1 rings (SSSR count). The minimum atomic E-state index is -0.296. The van der Waals surface area contributed by atoms with Crippen LogP contribution in [-0.2, 0) is 0 Å². The van der Waals surface area contributed by atoms with Crippen molar-refractivity contribution in [1.82, 2.24) is 4.98 Å². The van der Waals surface area contributed by atoms with Crippen LogP contribution in [0.15, 0.2) is 18.3 Å². The molecule has 13 heavy (non-hydrogen) atoms. The number of nitrogens with zero attached hydrogens (tertiary/aromatic N) is 1. The molecule has 0 fully saturated rings. The molecule has 0 aliphatic carbocycles. The molecule has 1 atom stereocenters. The summed E-state index contributed by atoms with van der Waals surface area (Å²) >= 11 is 5.85. The third-order valence-electron chi connectivity index (χ3n) is 1.61. The van der Waals surface area contributed by atoms with E-state index in [1.54, 1.807) is 25.3 Å². The van der Waals surface area contributed by atoms with Crippen molar-refractivity contribution in [3.05, 3.63) is 23.4 Å². The number of aliphatic hydroxyl groups is 1. The smallest absolute Gasteiger partial charge is 0.144 e. The average molecular weight is 201 g/mol. The van der Waals surface area contributed by atoms with Crippen molar-refractivity contribution in [2.45, 2.75) is 19.4 Å². The summed E-state index contributed by atoms with van der Waals surface area (Å²) in [6.45, 7) is 2.43. The Kier molecular flexibility index (Phi) is 3.99. The fourth-order valence-corrected chi connectivity index (χ4v) is 1.10. The van der Waals surface area contributed by atoms with Crippen molar-refractivity contribution >= 4 is 17.4 Å². The lowest BCUT2D eigenvalue weighted by molar-refractivity contribution is 0.188. The summed E-state index contributed by atoms with van der Waals surface area (Å²) in [6, 6.07) is 3.56. The summed E-state index contributed by atoms with van der Waals surface area (Å²) in [4.78, 5) is 4.05. The summed E-state index contributed by atoms with van der Waals surface area (Å²) < 4.78 is 0. The second-order valence-electron chi connectivity index (χ2n) is 2.90. The number of nitrogens with one attached hydrogen (secondary N) is 1. The first-order valence-corrected chi connectivity index (χ1v) is 4.60. The van der Waals surface area contributed by atoms with E-state index in [1.165, 1.54) is 0 Å². The second kappa shape index (κ2) is 5.04. The molecule has 0 aliphatic heterocycles. The summed E-state index contributed by atoms with van der Waals surface area (Å²) in [5.74, 6) is 0.671. The lowest BCUT2D eigenvalue weighted by Gasteiger charge is -2.07. The van der Waals surface area contributed by atoms with Gasteiger partial charge in [0.1, 0.15) is 5.82 Å². The molecule has 0 spiro atoms. The Morgan fingerprint density at radius 3 is 3.08 bits per heavy atom. The minimum Gasteiger partial charge on any atom is -0.393 e. The van der Waals surface area contributed by atoms with Crippen molar-refractivity contribution < 1.29 is 5.11 Å². The average Bonchev–Trinajstić information content (AvgIpc) is 2.08. The molecule has 1 aromatic heterocycles. The number of hydrogen-bond donors (Lipinski definition) is 2. The van der Waals surface area contributed by atoms with Gasteiger partial charge in [-0.1, -0.05) is 11.6 Å². The number of rotatable bonds is 4. The fourth-order valence-electron chi connectivity index (χ4n) is 0.915. The summed E-state index contributed by atoms with van der Waals surface area (Å²) in [5, 5.41) is 12.7. The molecule has 2 N–H and O–H groups in total. The van der Waals surface area contributed by atoms with Gasteiger partial charge >= 0.3 is 0 Å². The van der Waals surface area contributed by atoms with E-state index in [9.17, 15) is 0 Å². The topological polar surface area (TPSA) is 45.1 Å². The Hall–Kier alpha value is -0.800. The van der Waals surface area contributed by atoms with Gasteiger partial charge in [-0.2, -0.15) is 0 Å². The molecule has 72 valence electrons. The molecule has 1 aromatic rings. The minimum absolute atomic E-state index is 0.296. The predicted octanol–water partition coefficient (Wildman–Crippen LogP) is 1.92. The van der Waals surface area contributed by atoms with Crippen LogP contribution in [-0.4, -0.2) is 22.7 Å². The van der Waals surface area contributed by atoms with Crippen LogP contribution in [0.1, 0.15) is 13.3 Å². The maximum absolute atomic E-state index is 9.01. The number of halogens is 1. The third-order valence-corrected chi connectivity index (χ3v) is 1.92. The molecule has 1 heterocycles. The van der Waals surface area contributed by atoms with Crippen molar-refractivity contribution in [3.63, 3.8) is 0 Å². The Morgan fingerprint density at radius 1 is 1.69 bits per heavy atom. The zero-order valence-electron chi connectivity index (χ0n) is 7.50. The van der Waals surface area contributed by atoms with Crippen LogP contribution in [0.25, 0.3) is 0 Å². The van der Waals surface area contributed by atoms with Gasteiger partial charge in [-0.15, -0.1) is 0 Å². The van der Waals surface area contributed by atoms with E-state index in [2.05, 4.69) is 10.3 Å². The lowest BCUT2D eigenvalue weighted by atomic mass is 10.3. The van der Waals surface area contributed by atoms with Gasteiger partial charge in [-0.05, 0) is 25.5 Å². The standard InChI is InChI=1S/C9H13ClN2O/c1-7(13)4-6-12-9-8(10)3-2-5-11-9/h2-3,5,7,13H,4,6H2,1H3,(H,11,12)/t7-/m1/s1. The SMILES string of the molecule is C[C@@H](O)CCNc1ncccc1Cl. The predicted molar refractivity (Wildman–Crippen MR) is 54.0 cm³/mol. The highest BCUT2D eigenvalue weighted by atomic mass is 35.5. The van der Waals surface area contributed by atoms with Crippen LogP contribution in [0.2, 0.25) is 5.02 Å². The molecule has 0 bridgehead atoms. The number of pyridine rings is 1. The molecule has 0 unspecified atom stereocenters. The van der Waals surface area contributed by atoms with Gasteiger partial charge in [0.15, 0.2) is 0 Å². The van der Waals surface area contributed by atoms with Crippen LogP contribution in [0.3, 0.4) is 0 Å². The first-order chi connectivity index (χ1) is 6.20. The van der Waals surface area contributed by atoms with Crippen LogP contribution in [0.5, 0.6) is 0 Å². The second-order valence-corrected chi connectivity index (χ2v) is 3.31. The van der Waals surface area contributed by atoms with Gasteiger partial charge in [0.05, 0.1) is 11.1 Å². The molecule has 0 saturated heterocycles. The van der Waals surface area contributed by atoms with E-state index in [0.717, 1.165) is 0 Å². The highest BCUT2D eigenvalue weighted by molar-refractivity contribution is 6.32. The van der Waals surface area contributed by atoms with E-state index < -0.39 is 0 Å². The zero-order valence-corrected chi connectivity index (χ0v) is 8.25. The molecule has 4 heteroatoms. The Morgan fingerprint density at radius 2 is 2.46 bits per heavy atom. The van der Waals surface area contributed by atoms with Gasteiger partial charge in [-0.25, -0.2) is 4.98 Å². The number of anilines is 1. The molecule has 3 nitrogen and oxygen atoms in total. The van der Waals surface area contributed by atoms with Crippen LogP contribution >= 0.6 is 11.6 Å². The summed E-state index contributed by atoms with van der Waals surface area (Å²) in [6.07, 6.45) is 2.07. The molecule has 0 radical (unpaired) electrons. The van der Waals surface area contributed by atoms with Crippen LogP contribution < -0.4 is 5.32 Å². The first kappa shape index (κ1) is 10.3. The number of hydrogen-bond acceptors (Lipinski definition) is 3. The van der Waals surface area contributed by atoms with Crippen LogP contribution in [0, 0.1) is 0 Å². The van der Waals surface area contributed by atoms with Gasteiger partial charge in [-0.3, -0.25) is 0 Å². The van der Waals surface area contributed by atoms with Crippen molar-refractivity contribution in [3.8, 4) is 0 Å². The van der Waals surface area contributed by atoms with E-state index in [1.807, 2.05) is 0 Å². The van der Waals surface area contributed by atoms with E-state index >= 15 is 0 Å². The number of aromatic nitrogens is 1. The Balaban J connectivity index is 2.41. The Bertz CT molecular complexity index is 266. The largest absolute Gasteiger partial charge is 0.393 e. The van der Waals surface area contributed by atoms with Gasteiger partial charge in [0.2, 0.25) is 0 Å². The van der Waals surface area contributed by atoms with E-state index in [4.69, 9.17) is 16.7 Å². The zero-order chi connectivity index (χ0) is 9.68. The third kappa shape index (κ3) is 3.61. The normalized spacial score (nSPS) is 12.5. The van der Waals surface area contributed by atoms with Gasteiger partial charge in [0.25, 0.3) is 0 Å². The molecular weight excluding hydrogens is 188 g/mol. The molecular formula is C9H13ClN2O. The van der Waals surface area contributed by atoms with Gasteiger partial charge < -0.3 is 10.4 Å². The quantitative estimate of drug-likeness (QED) is 0.781. The summed E-state index contributed by atoms with van der Waals surface area (Å²) in [5.41, 5.74) is 0. The highest BCUT2D eigenvalue weighted by Gasteiger charge is 1.99. The van der Waals surface area contributed by atoms with E-state index in [-0.39, 0.29) is 6.10 Å². The van der Waals surface area contributed by atoms with E-state index in [0.29, 0.717) is 23.8 Å². The maximum Gasteiger partial charge on any atom is 0.144 e. The Labute approximate surface area is 82.8 Å². The van der Waals surface area contributed by atoms with Crippen molar-refractivity contribution in [2.75, 3.05) is 11.9 Å². The highest BCUT2D eigenvalue weighted by Crippen LogP contribution is 2.16. The first-order valence-electron chi connectivity index (χ1n) is 4.22. The van der Waals surface area contributed by atoms with Crippen LogP contribution in [0.4, 0.5) is 5.82 Å². The molecule has 0 saturated carbocycles. The molecule has 0 aliphatic rings. The lowest BCUT2D eigenvalue weighted by Crippen LogP contribution is -2.10. The number of aliphatic hydroxyl groups excluding tert-OH is 1. The molecule has 0 aromatic carbocycles.